The first-order valence-electron chi connectivity index (χ1n) is 4.36. The highest BCUT2D eigenvalue weighted by atomic mass is 16.5. The van der Waals surface area contributed by atoms with Crippen LogP contribution in [0, 0.1) is 6.92 Å². The highest BCUT2D eigenvalue weighted by molar-refractivity contribution is 5.29. The minimum Gasteiger partial charge on any atom is -0.384 e. The summed E-state index contributed by atoms with van der Waals surface area (Å²) in [5, 5.41) is 0. The van der Waals surface area contributed by atoms with Crippen molar-refractivity contribution in [3.05, 3.63) is 17.6 Å². The molecule has 0 spiro atoms. The van der Waals surface area contributed by atoms with Gasteiger partial charge in [-0.05, 0) is 20.8 Å². The molecule has 0 aliphatic heterocycles. The molecule has 1 aromatic heterocycles. The van der Waals surface area contributed by atoms with Crippen LogP contribution >= 0.6 is 0 Å². The molecule has 0 fully saturated rings. The lowest BCUT2D eigenvalue weighted by Crippen LogP contribution is -2.07. The van der Waals surface area contributed by atoms with E-state index in [-0.39, 0.29) is 6.10 Å². The van der Waals surface area contributed by atoms with E-state index in [0.717, 1.165) is 5.69 Å². The van der Waals surface area contributed by atoms with Crippen molar-refractivity contribution in [3.8, 4) is 0 Å². The van der Waals surface area contributed by atoms with E-state index in [1.807, 2.05) is 20.8 Å². The molecule has 0 saturated heterocycles. The number of nitrogens with two attached hydrogens (primary N) is 1. The van der Waals surface area contributed by atoms with Crippen LogP contribution < -0.4 is 5.73 Å². The third kappa shape index (κ3) is 2.66. The van der Waals surface area contributed by atoms with Crippen molar-refractivity contribution in [1.29, 1.82) is 0 Å². The van der Waals surface area contributed by atoms with E-state index in [1.54, 1.807) is 6.07 Å². The summed E-state index contributed by atoms with van der Waals surface area (Å²) in [5.41, 5.74) is 6.46. The van der Waals surface area contributed by atoms with E-state index in [1.165, 1.54) is 0 Å². The molecular weight excluding hydrogens is 166 g/mol. The summed E-state index contributed by atoms with van der Waals surface area (Å²) in [6.07, 6.45) is -0.0906. The predicted molar refractivity (Wildman–Crippen MR) is 51.2 cm³/mol. The monoisotopic (exact) mass is 181 g/mol. The lowest BCUT2D eigenvalue weighted by atomic mass is 10.3. The number of ether oxygens (including phenoxy) is 1. The Hall–Kier alpha value is -1.16. The molecule has 0 aliphatic rings. The van der Waals surface area contributed by atoms with Crippen LogP contribution in [0.15, 0.2) is 6.07 Å². The Morgan fingerprint density at radius 3 is 2.77 bits per heavy atom. The Morgan fingerprint density at radius 2 is 2.23 bits per heavy atom. The summed E-state index contributed by atoms with van der Waals surface area (Å²) >= 11 is 0. The van der Waals surface area contributed by atoms with E-state index in [4.69, 9.17) is 10.5 Å². The Labute approximate surface area is 78.1 Å². The number of anilines is 1. The lowest BCUT2D eigenvalue weighted by Gasteiger charge is -2.10. The Bertz CT molecular complexity index is 268. The molecule has 0 aromatic carbocycles. The van der Waals surface area contributed by atoms with E-state index >= 15 is 0 Å². The molecular formula is C9H15N3O. The summed E-state index contributed by atoms with van der Waals surface area (Å²) in [7, 11) is 0. The second-order valence-corrected chi connectivity index (χ2v) is 2.89. The molecule has 0 aliphatic carbocycles. The van der Waals surface area contributed by atoms with Gasteiger partial charge in [-0.15, -0.1) is 0 Å². The van der Waals surface area contributed by atoms with Crippen molar-refractivity contribution in [2.24, 2.45) is 0 Å². The maximum absolute atomic E-state index is 5.59. The number of hydrogen-bond donors (Lipinski definition) is 1. The molecule has 13 heavy (non-hydrogen) atoms. The standard InChI is InChI=1S/C9H15N3O/c1-4-13-7(3)9-11-6(2)5-8(10)12-9/h5,7H,4H2,1-3H3,(H2,10,11,12). The largest absolute Gasteiger partial charge is 0.384 e. The van der Waals surface area contributed by atoms with Crippen molar-refractivity contribution in [2.45, 2.75) is 26.9 Å². The molecule has 0 saturated carbocycles. The number of nitrogens with zero attached hydrogens (tertiary/aromatic N) is 2. The zero-order valence-electron chi connectivity index (χ0n) is 8.24. The number of hydrogen-bond acceptors (Lipinski definition) is 4. The van der Waals surface area contributed by atoms with Crippen molar-refractivity contribution >= 4 is 5.82 Å². The fraction of sp³-hybridized carbons (Fsp3) is 0.556. The topological polar surface area (TPSA) is 61.0 Å². The molecule has 72 valence electrons. The van der Waals surface area contributed by atoms with Gasteiger partial charge in [0.15, 0.2) is 5.82 Å². The zero-order valence-corrected chi connectivity index (χ0v) is 8.24. The van der Waals surface area contributed by atoms with Crippen LogP contribution in [0.5, 0.6) is 0 Å². The number of rotatable bonds is 3. The van der Waals surface area contributed by atoms with Gasteiger partial charge in [-0.3, -0.25) is 0 Å². The smallest absolute Gasteiger partial charge is 0.159 e. The van der Waals surface area contributed by atoms with Crippen LogP contribution in [0.3, 0.4) is 0 Å². The summed E-state index contributed by atoms with van der Waals surface area (Å²) in [6, 6.07) is 1.74. The van der Waals surface area contributed by atoms with Gasteiger partial charge in [-0.25, -0.2) is 9.97 Å². The van der Waals surface area contributed by atoms with Crippen LogP contribution in [0.2, 0.25) is 0 Å². The van der Waals surface area contributed by atoms with Crippen LogP contribution in [0.1, 0.15) is 31.5 Å². The van der Waals surface area contributed by atoms with Crippen molar-refractivity contribution in [2.75, 3.05) is 12.3 Å². The third-order valence-electron chi connectivity index (χ3n) is 1.67. The van der Waals surface area contributed by atoms with Gasteiger partial charge < -0.3 is 10.5 Å². The van der Waals surface area contributed by atoms with Gasteiger partial charge in [-0.2, -0.15) is 0 Å². The molecule has 0 amide bonds. The van der Waals surface area contributed by atoms with E-state index in [0.29, 0.717) is 18.2 Å². The number of aryl methyl sites for hydroxylation is 1. The Morgan fingerprint density at radius 1 is 1.54 bits per heavy atom. The molecule has 2 N–H and O–H groups in total. The van der Waals surface area contributed by atoms with E-state index in [9.17, 15) is 0 Å². The van der Waals surface area contributed by atoms with Crippen molar-refractivity contribution < 1.29 is 4.74 Å². The van der Waals surface area contributed by atoms with Gasteiger partial charge in [0.2, 0.25) is 0 Å². The van der Waals surface area contributed by atoms with Gasteiger partial charge in [0.25, 0.3) is 0 Å². The zero-order chi connectivity index (χ0) is 9.84. The van der Waals surface area contributed by atoms with Crippen LogP contribution in [0.25, 0.3) is 0 Å². The highest BCUT2D eigenvalue weighted by Crippen LogP contribution is 2.13. The number of aromatic nitrogens is 2. The first kappa shape index (κ1) is 9.92. The van der Waals surface area contributed by atoms with Crippen LogP contribution in [-0.2, 0) is 4.74 Å². The normalized spacial score (nSPS) is 12.8. The summed E-state index contributed by atoms with van der Waals surface area (Å²) < 4.78 is 5.36. The minimum atomic E-state index is -0.0906. The quantitative estimate of drug-likeness (QED) is 0.767. The Kier molecular flexibility index (Phi) is 3.19. The van der Waals surface area contributed by atoms with Gasteiger partial charge in [0.1, 0.15) is 11.9 Å². The maximum atomic E-state index is 5.59. The van der Waals surface area contributed by atoms with Gasteiger partial charge in [-0.1, -0.05) is 0 Å². The van der Waals surface area contributed by atoms with Gasteiger partial charge in [0.05, 0.1) is 0 Å². The highest BCUT2D eigenvalue weighted by Gasteiger charge is 2.08. The third-order valence-corrected chi connectivity index (χ3v) is 1.67. The summed E-state index contributed by atoms with van der Waals surface area (Å²) in [6.45, 7) is 6.39. The average Bonchev–Trinajstić information content (AvgIpc) is 2.03. The first-order valence-corrected chi connectivity index (χ1v) is 4.36. The van der Waals surface area contributed by atoms with E-state index in [2.05, 4.69) is 9.97 Å². The van der Waals surface area contributed by atoms with Crippen LogP contribution in [-0.4, -0.2) is 16.6 Å². The van der Waals surface area contributed by atoms with Crippen LogP contribution in [0.4, 0.5) is 5.82 Å². The Balaban J connectivity index is 2.87. The van der Waals surface area contributed by atoms with Gasteiger partial charge >= 0.3 is 0 Å². The average molecular weight is 181 g/mol. The molecule has 1 atom stereocenters. The summed E-state index contributed by atoms with van der Waals surface area (Å²) in [5.74, 6) is 1.15. The first-order chi connectivity index (χ1) is 6.13. The van der Waals surface area contributed by atoms with Crippen molar-refractivity contribution in [3.63, 3.8) is 0 Å². The molecule has 0 radical (unpaired) electrons. The van der Waals surface area contributed by atoms with E-state index < -0.39 is 0 Å². The van der Waals surface area contributed by atoms with Gasteiger partial charge in [0, 0.05) is 18.4 Å². The lowest BCUT2D eigenvalue weighted by molar-refractivity contribution is 0.0700. The minimum absolute atomic E-state index is 0.0906. The predicted octanol–water partition coefficient (Wildman–Crippen LogP) is 1.46. The fourth-order valence-electron chi connectivity index (χ4n) is 1.12. The molecule has 1 aromatic rings. The second-order valence-electron chi connectivity index (χ2n) is 2.89. The molecule has 4 heteroatoms. The molecule has 1 rings (SSSR count). The fourth-order valence-corrected chi connectivity index (χ4v) is 1.12. The maximum Gasteiger partial charge on any atom is 0.159 e. The SMILES string of the molecule is CCOC(C)c1nc(C)cc(N)n1. The molecule has 0 bridgehead atoms. The summed E-state index contributed by atoms with van der Waals surface area (Å²) in [4.78, 5) is 8.33. The molecule has 1 heterocycles. The molecule has 1 unspecified atom stereocenters. The molecule has 4 nitrogen and oxygen atoms in total. The number of nitrogen functional groups attached to an aromatic ring is 1. The van der Waals surface area contributed by atoms with Crippen molar-refractivity contribution in [1.82, 2.24) is 9.97 Å². The second kappa shape index (κ2) is 4.18.